The van der Waals surface area contributed by atoms with E-state index < -0.39 is 0 Å². The lowest BCUT2D eigenvalue weighted by Gasteiger charge is -2.34. The van der Waals surface area contributed by atoms with Gasteiger partial charge in [0, 0.05) is 18.5 Å². The maximum absolute atomic E-state index is 10.9. The summed E-state index contributed by atoms with van der Waals surface area (Å²) in [5.41, 5.74) is 5.46. The summed E-state index contributed by atoms with van der Waals surface area (Å²) in [6.45, 7) is 13.3. The highest BCUT2D eigenvalue weighted by Crippen LogP contribution is 2.20. The second-order valence-corrected chi connectivity index (χ2v) is 7.15. The summed E-state index contributed by atoms with van der Waals surface area (Å²) in [6.07, 6.45) is 2.79. The molecule has 1 unspecified atom stereocenters. The van der Waals surface area contributed by atoms with Crippen LogP contribution in [0.5, 0.6) is 0 Å². The fourth-order valence-corrected chi connectivity index (χ4v) is 2.64. The highest BCUT2D eigenvalue weighted by molar-refractivity contribution is 5.73. The second-order valence-electron chi connectivity index (χ2n) is 7.15. The molecule has 112 valence electrons. The molecule has 1 atom stereocenters. The lowest BCUT2D eigenvalue weighted by atomic mass is 9.93. The molecule has 0 aromatic rings. The molecule has 4 nitrogen and oxygen atoms in total. The average molecular weight is 269 g/mol. The van der Waals surface area contributed by atoms with Crippen molar-refractivity contribution in [2.45, 2.75) is 52.5 Å². The number of nitrogens with one attached hydrogen (secondary N) is 1. The van der Waals surface area contributed by atoms with Gasteiger partial charge in [-0.2, -0.15) is 0 Å². The standard InChI is InChI=1S/C15H31N3O/c1-12(10-17-15(2,3)4)11-18-7-5-13(6-8-18)9-14(16)19/h12-13,17H,5-11H2,1-4H3,(H2,16,19). The Morgan fingerprint density at radius 2 is 1.95 bits per heavy atom. The van der Waals surface area contributed by atoms with Gasteiger partial charge in [0.15, 0.2) is 0 Å². The number of primary amides is 1. The average Bonchev–Trinajstić information content (AvgIpc) is 2.28. The van der Waals surface area contributed by atoms with Crippen LogP contribution in [0, 0.1) is 11.8 Å². The molecule has 0 radical (unpaired) electrons. The van der Waals surface area contributed by atoms with E-state index >= 15 is 0 Å². The van der Waals surface area contributed by atoms with E-state index in [9.17, 15) is 4.79 Å². The van der Waals surface area contributed by atoms with Gasteiger partial charge in [0.2, 0.25) is 5.91 Å². The van der Waals surface area contributed by atoms with E-state index in [1.807, 2.05) is 0 Å². The van der Waals surface area contributed by atoms with E-state index in [0.717, 1.165) is 39.0 Å². The molecule has 4 heteroatoms. The van der Waals surface area contributed by atoms with Gasteiger partial charge in [0.1, 0.15) is 0 Å². The van der Waals surface area contributed by atoms with Crippen molar-refractivity contribution in [1.82, 2.24) is 10.2 Å². The molecule has 0 aliphatic carbocycles. The molecular weight excluding hydrogens is 238 g/mol. The molecule has 0 spiro atoms. The predicted molar refractivity (Wildman–Crippen MR) is 79.9 cm³/mol. The molecule has 1 fully saturated rings. The van der Waals surface area contributed by atoms with Crippen molar-refractivity contribution in [3.05, 3.63) is 0 Å². The molecular formula is C15H31N3O. The fourth-order valence-electron chi connectivity index (χ4n) is 2.64. The van der Waals surface area contributed by atoms with Gasteiger partial charge in [-0.3, -0.25) is 4.79 Å². The molecule has 0 aromatic heterocycles. The zero-order chi connectivity index (χ0) is 14.5. The van der Waals surface area contributed by atoms with Crippen LogP contribution in [0.15, 0.2) is 0 Å². The van der Waals surface area contributed by atoms with E-state index in [0.29, 0.717) is 18.3 Å². The number of carbonyl (C=O) groups is 1. The van der Waals surface area contributed by atoms with E-state index in [1.54, 1.807) is 0 Å². The minimum Gasteiger partial charge on any atom is -0.370 e. The van der Waals surface area contributed by atoms with Crippen molar-refractivity contribution in [2.75, 3.05) is 26.2 Å². The Morgan fingerprint density at radius 3 is 2.42 bits per heavy atom. The van der Waals surface area contributed by atoms with Crippen molar-refractivity contribution >= 4 is 5.91 Å². The summed E-state index contributed by atoms with van der Waals surface area (Å²) < 4.78 is 0. The van der Waals surface area contributed by atoms with Gasteiger partial charge < -0.3 is 16.0 Å². The molecule has 1 aliphatic heterocycles. The highest BCUT2D eigenvalue weighted by atomic mass is 16.1. The molecule has 1 heterocycles. The quantitative estimate of drug-likeness (QED) is 0.770. The van der Waals surface area contributed by atoms with Crippen LogP contribution in [0.1, 0.15) is 47.0 Å². The Kier molecular flexibility index (Phi) is 6.27. The van der Waals surface area contributed by atoms with Crippen molar-refractivity contribution < 1.29 is 4.79 Å². The summed E-state index contributed by atoms with van der Waals surface area (Å²) >= 11 is 0. The Morgan fingerprint density at radius 1 is 1.37 bits per heavy atom. The third kappa shape index (κ3) is 7.53. The highest BCUT2D eigenvalue weighted by Gasteiger charge is 2.22. The maximum atomic E-state index is 10.9. The first kappa shape index (κ1) is 16.4. The first-order valence-electron chi connectivity index (χ1n) is 7.52. The third-order valence-corrected chi connectivity index (χ3v) is 3.75. The topological polar surface area (TPSA) is 58.4 Å². The Balaban J connectivity index is 2.19. The van der Waals surface area contributed by atoms with E-state index in [4.69, 9.17) is 5.73 Å². The zero-order valence-corrected chi connectivity index (χ0v) is 13.0. The molecule has 1 amide bonds. The van der Waals surface area contributed by atoms with Crippen LogP contribution >= 0.6 is 0 Å². The number of carbonyl (C=O) groups excluding carboxylic acids is 1. The van der Waals surface area contributed by atoms with Crippen LogP contribution in [0.3, 0.4) is 0 Å². The van der Waals surface area contributed by atoms with Crippen LogP contribution in [-0.2, 0) is 4.79 Å². The van der Waals surface area contributed by atoms with Gasteiger partial charge >= 0.3 is 0 Å². The Hall–Kier alpha value is -0.610. The van der Waals surface area contributed by atoms with Gasteiger partial charge in [-0.05, 0) is 65.1 Å². The van der Waals surface area contributed by atoms with Gasteiger partial charge in [0.05, 0.1) is 0 Å². The minimum absolute atomic E-state index is 0.152. The summed E-state index contributed by atoms with van der Waals surface area (Å²) in [5.74, 6) is 1.02. The smallest absolute Gasteiger partial charge is 0.217 e. The number of nitrogens with zero attached hydrogens (tertiary/aromatic N) is 1. The van der Waals surface area contributed by atoms with Crippen molar-refractivity contribution in [2.24, 2.45) is 17.6 Å². The Bertz CT molecular complexity index is 278. The lowest BCUT2D eigenvalue weighted by Crippen LogP contribution is -2.43. The number of hydrogen-bond donors (Lipinski definition) is 2. The molecule has 0 aromatic carbocycles. The van der Waals surface area contributed by atoms with Gasteiger partial charge in [-0.15, -0.1) is 0 Å². The summed E-state index contributed by atoms with van der Waals surface area (Å²) in [7, 11) is 0. The fraction of sp³-hybridized carbons (Fsp3) is 0.933. The molecule has 0 bridgehead atoms. The van der Waals surface area contributed by atoms with E-state index in [-0.39, 0.29) is 11.4 Å². The monoisotopic (exact) mass is 269 g/mol. The van der Waals surface area contributed by atoms with E-state index in [2.05, 4.69) is 37.9 Å². The van der Waals surface area contributed by atoms with Crippen LogP contribution in [0.2, 0.25) is 0 Å². The van der Waals surface area contributed by atoms with Crippen molar-refractivity contribution in [1.29, 1.82) is 0 Å². The lowest BCUT2D eigenvalue weighted by molar-refractivity contribution is -0.119. The minimum atomic E-state index is -0.152. The third-order valence-electron chi connectivity index (χ3n) is 3.75. The SMILES string of the molecule is CC(CNC(C)(C)C)CN1CCC(CC(N)=O)CC1. The normalized spacial score (nSPS) is 20.4. The summed E-state index contributed by atoms with van der Waals surface area (Å²) in [6, 6.07) is 0. The van der Waals surface area contributed by atoms with Gasteiger partial charge in [0.25, 0.3) is 0 Å². The zero-order valence-electron chi connectivity index (χ0n) is 13.0. The number of nitrogens with two attached hydrogens (primary N) is 1. The van der Waals surface area contributed by atoms with Gasteiger partial charge in [-0.25, -0.2) is 0 Å². The molecule has 1 rings (SSSR count). The molecule has 19 heavy (non-hydrogen) atoms. The number of piperidine rings is 1. The van der Waals surface area contributed by atoms with Crippen LogP contribution in [-0.4, -0.2) is 42.5 Å². The van der Waals surface area contributed by atoms with Crippen LogP contribution < -0.4 is 11.1 Å². The first-order chi connectivity index (χ1) is 8.76. The largest absolute Gasteiger partial charge is 0.370 e. The van der Waals surface area contributed by atoms with Crippen LogP contribution in [0.25, 0.3) is 0 Å². The number of likely N-dealkylation sites (tertiary alicyclic amines) is 1. The number of rotatable bonds is 6. The number of hydrogen-bond acceptors (Lipinski definition) is 3. The predicted octanol–water partition coefficient (Wildman–Crippen LogP) is 1.60. The molecule has 1 aliphatic rings. The maximum Gasteiger partial charge on any atom is 0.217 e. The van der Waals surface area contributed by atoms with E-state index in [1.165, 1.54) is 0 Å². The molecule has 3 N–H and O–H groups in total. The summed E-state index contributed by atoms with van der Waals surface area (Å²) in [4.78, 5) is 13.4. The Labute approximate surface area is 118 Å². The molecule has 1 saturated heterocycles. The van der Waals surface area contributed by atoms with Crippen molar-refractivity contribution in [3.63, 3.8) is 0 Å². The first-order valence-corrected chi connectivity index (χ1v) is 7.52. The number of amides is 1. The molecule has 0 saturated carbocycles. The second kappa shape index (κ2) is 7.25. The van der Waals surface area contributed by atoms with Crippen LogP contribution in [0.4, 0.5) is 0 Å². The van der Waals surface area contributed by atoms with Crippen molar-refractivity contribution in [3.8, 4) is 0 Å². The summed E-state index contributed by atoms with van der Waals surface area (Å²) in [5, 5.41) is 3.56. The van der Waals surface area contributed by atoms with Gasteiger partial charge in [-0.1, -0.05) is 6.92 Å².